The van der Waals surface area contributed by atoms with E-state index in [4.69, 9.17) is 0 Å². The summed E-state index contributed by atoms with van der Waals surface area (Å²) in [5.74, 6) is -0.920. The van der Waals surface area contributed by atoms with Crippen molar-refractivity contribution in [2.24, 2.45) is 4.36 Å². The third kappa shape index (κ3) is 2.20. The van der Waals surface area contributed by atoms with Gasteiger partial charge in [0, 0.05) is 6.20 Å². The van der Waals surface area contributed by atoms with E-state index in [0.717, 1.165) is 0 Å². The molecule has 12 heavy (non-hydrogen) atoms. The first kappa shape index (κ1) is 8.47. The van der Waals surface area contributed by atoms with E-state index in [1.807, 2.05) is 0 Å². The van der Waals surface area contributed by atoms with Crippen molar-refractivity contribution < 1.29 is 13.2 Å². The molecule has 1 amide bonds. The highest BCUT2D eigenvalue weighted by molar-refractivity contribution is 7.62. The SMILES string of the molecule is O=C(N=S(=O)=O)c1cccnn1. The Hall–Kier alpha value is -1.63. The second-order valence-corrected chi connectivity index (χ2v) is 2.34. The number of carbonyl (C=O) groups excluding carboxylic acids is 1. The second kappa shape index (κ2) is 3.67. The van der Waals surface area contributed by atoms with Crippen LogP contribution >= 0.6 is 0 Å². The number of hydrogen-bond acceptors (Lipinski definition) is 5. The normalized spacial score (nSPS) is 9.00. The van der Waals surface area contributed by atoms with Gasteiger partial charge in [0.2, 0.25) is 0 Å². The predicted molar refractivity (Wildman–Crippen MR) is 37.7 cm³/mol. The van der Waals surface area contributed by atoms with Gasteiger partial charge in [0.25, 0.3) is 0 Å². The second-order valence-electron chi connectivity index (χ2n) is 1.72. The number of rotatable bonds is 1. The van der Waals surface area contributed by atoms with E-state index < -0.39 is 16.4 Å². The van der Waals surface area contributed by atoms with E-state index >= 15 is 0 Å². The van der Waals surface area contributed by atoms with Crippen LogP contribution in [0.15, 0.2) is 22.7 Å². The maximum Gasteiger partial charge on any atom is 0.319 e. The Morgan fingerprint density at radius 1 is 1.50 bits per heavy atom. The Morgan fingerprint density at radius 2 is 2.25 bits per heavy atom. The summed E-state index contributed by atoms with van der Waals surface area (Å²) < 4.78 is 22.6. The van der Waals surface area contributed by atoms with Crippen LogP contribution in [0.4, 0.5) is 0 Å². The summed E-state index contributed by atoms with van der Waals surface area (Å²) in [7, 11) is -2.74. The Balaban J connectivity index is 3.02. The molecule has 7 heteroatoms. The van der Waals surface area contributed by atoms with Crippen molar-refractivity contribution in [3.8, 4) is 0 Å². The van der Waals surface area contributed by atoms with E-state index in [1.165, 1.54) is 18.3 Å². The van der Waals surface area contributed by atoms with Crippen LogP contribution in [0.1, 0.15) is 10.5 Å². The predicted octanol–water partition coefficient (Wildman–Crippen LogP) is -0.321. The summed E-state index contributed by atoms with van der Waals surface area (Å²) >= 11 is 0. The van der Waals surface area contributed by atoms with Crippen molar-refractivity contribution in [1.82, 2.24) is 10.2 Å². The lowest BCUT2D eigenvalue weighted by atomic mass is 10.4. The average molecular weight is 185 g/mol. The molecule has 0 N–H and O–H groups in total. The molecule has 1 rings (SSSR count). The topological polar surface area (TPSA) is 89.4 Å². The molecule has 0 atom stereocenters. The Bertz CT molecular complexity index is 403. The maximum atomic E-state index is 10.8. The first-order valence-electron chi connectivity index (χ1n) is 2.83. The number of amides is 1. The summed E-state index contributed by atoms with van der Waals surface area (Å²) in [6.45, 7) is 0. The molecule has 0 aliphatic heterocycles. The minimum absolute atomic E-state index is 0.0956. The third-order valence-electron chi connectivity index (χ3n) is 0.949. The van der Waals surface area contributed by atoms with Crippen LogP contribution in [0.3, 0.4) is 0 Å². The Kier molecular flexibility index (Phi) is 2.59. The molecule has 0 fully saturated rings. The molecule has 0 aromatic carbocycles. The van der Waals surface area contributed by atoms with Crippen LogP contribution in [0.2, 0.25) is 0 Å². The standard InChI is InChI=1S/C5H3N3O3S/c9-5(8-12(10)11)4-2-1-3-6-7-4/h1-3H. The fourth-order valence-electron chi connectivity index (χ4n) is 0.530. The quantitative estimate of drug-likeness (QED) is 0.598. The average Bonchev–Trinajstić information content (AvgIpc) is 2.05. The lowest BCUT2D eigenvalue weighted by Crippen LogP contribution is -1.98. The molecule has 0 saturated heterocycles. The van der Waals surface area contributed by atoms with Gasteiger partial charge >= 0.3 is 16.4 Å². The highest BCUT2D eigenvalue weighted by Crippen LogP contribution is 1.93. The highest BCUT2D eigenvalue weighted by Gasteiger charge is 2.04. The van der Waals surface area contributed by atoms with Crippen LogP contribution in [0.25, 0.3) is 0 Å². The zero-order valence-electron chi connectivity index (χ0n) is 5.71. The highest BCUT2D eigenvalue weighted by atomic mass is 32.2. The lowest BCUT2D eigenvalue weighted by molar-refractivity contribution is 0.0999. The van der Waals surface area contributed by atoms with Crippen LogP contribution < -0.4 is 0 Å². The summed E-state index contributed by atoms with van der Waals surface area (Å²) in [5, 5.41) is 6.75. The van der Waals surface area contributed by atoms with Crippen molar-refractivity contribution in [2.45, 2.75) is 0 Å². The van der Waals surface area contributed by atoms with Gasteiger partial charge in [0.1, 0.15) is 0 Å². The molecule has 1 aromatic heterocycles. The molecule has 1 heterocycles. The number of aromatic nitrogens is 2. The molecule has 0 unspecified atom stereocenters. The number of nitrogens with zero attached hydrogens (tertiary/aromatic N) is 3. The fraction of sp³-hybridized carbons (Fsp3) is 0. The minimum Gasteiger partial charge on any atom is -0.264 e. The van der Waals surface area contributed by atoms with E-state index in [2.05, 4.69) is 14.6 Å². The van der Waals surface area contributed by atoms with Crippen LogP contribution in [-0.2, 0) is 10.5 Å². The van der Waals surface area contributed by atoms with E-state index in [1.54, 1.807) is 0 Å². The van der Waals surface area contributed by atoms with Crippen molar-refractivity contribution in [2.75, 3.05) is 0 Å². The molecule has 62 valence electrons. The summed E-state index contributed by atoms with van der Waals surface area (Å²) in [6, 6.07) is 2.79. The van der Waals surface area contributed by atoms with Gasteiger partial charge in [0.05, 0.1) is 0 Å². The molecular weight excluding hydrogens is 182 g/mol. The van der Waals surface area contributed by atoms with Crippen LogP contribution in [-0.4, -0.2) is 24.5 Å². The molecule has 6 nitrogen and oxygen atoms in total. The van der Waals surface area contributed by atoms with Gasteiger partial charge < -0.3 is 0 Å². The molecule has 0 bridgehead atoms. The van der Waals surface area contributed by atoms with Crippen molar-refractivity contribution >= 4 is 16.4 Å². The van der Waals surface area contributed by atoms with Gasteiger partial charge in [0.15, 0.2) is 5.69 Å². The van der Waals surface area contributed by atoms with Gasteiger partial charge in [-0.25, -0.2) is 0 Å². The minimum atomic E-state index is -2.74. The molecule has 0 spiro atoms. The zero-order chi connectivity index (χ0) is 8.97. The molecule has 0 saturated carbocycles. The molecule has 1 aromatic rings. The third-order valence-corrected chi connectivity index (χ3v) is 1.26. The summed E-state index contributed by atoms with van der Waals surface area (Å²) in [6.07, 6.45) is 1.37. The zero-order valence-corrected chi connectivity index (χ0v) is 6.52. The van der Waals surface area contributed by atoms with Crippen molar-refractivity contribution in [1.29, 1.82) is 0 Å². The van der Waals surface area contributed by atoms with Gasteiger partial charge in [-0.15, -0.1) is 5.10 Å². The Labute approximate surface area is 69.0 Å². The van der Waals surface area contributed by atoms with E-state index in [0.29, 0.717) is 0 Å². The van der Waals surface area contributed by atoms with Crippen molar-refractivity contribution in [3.63, 3.8) is 0 Å². The largest absolute Gasteiger partial charge is 0.319 e. The number of hydrogen-bond donors (Lipinski definition) is 0. The monoisotopic (exact) mass is 185 g/mol. The first-order valence-corrected chi connectivity index (χ1v) is 3.86. The summed E-state index contributed by atoms with van der Waals surface area (Å²) in [5.41, 5.74) is -0.0956. The Morgan fingerprint density at radius 3 is 2.75 bits per heavy atom. The molecule has 0 aliphatic rings. The van der Waals surface area contributed by atoms with Crippen LogP contribution in [0, 0.1) is 0 Å². The smallest absolute Gasteiger partial charge is 0.264 e. The molecule has 0 aliphatic carbocycles. The lowest BCUT2D eigenvalue weighted by Gasteiger charge is -1.86. The van der Waals surface area contributed by atoms with E-state index in [-0.39, 0.29) is 5.69 Å². The fourth-order valence-corrected chi connectivity index (χ4v) is 0.759. The van der Waals surface area contributed by atoms with Gasteiger partial charge in [-0.2, -0.15) is 13.5 Å². The molecule has 0 radical (unpaired) electrons. The van der Waals surface area contributed by atoms with Crippen molar-refractivity contribution in [3.05, 3.63) is 24.0 Å². The van der Waals surface area contributed by atoms with Gasteiger partial charge in [-0.05, 0) is 12.1 Å². The van der Waals surface area contributed by atoms with Gasteiger partial charge in [-0.1, -0.05) is 4.36 Å². The maximum absolute atomic E-state index is 10.8. The first-order chi connectivity index (χ1) is 5.70. The molecular formula is C5H3N3O3S. The summed E-state index contributed by atoms with van der Waals surface area (Å²) in [4.78, 5) is 10.8. The number of carbonyl (C=O) groups is 1. The van der Waals surface area contributed by atoms with Gasteiger partial charge in [-0.3, -0.25) is 4.79 Å². The van der Waals surface area contributed by atoms with E-state index in [9.17, 15) is 13.2 Å². The van der Waals surface area contributed by atoms with Crippen LogP contribution in [0.5, 0.6) is 0 Å².